The Balaban J connectivity index is 1.47. The van der Waals surface area contributed by atoms with Gasteiger partial charge in [-0.05, 0) is 43.5 Å². The molecular weight excluding hydrogens is 222 g/mol. The Morgan fingerprint density at radius 1 is 1.17 bits per heavy atom. The maximum absolute atomic E-state index is 6.25. The third-order valence-corrected chi connectivity index (χ3v) is 4.45. The van der Waals surface area contributed by atoms with Crippen molar-refractivity contribution in [3.8, 4) is 0 Å². The zero-order chi connectivity index (χ0) is 12.4. The standard InChI is InChI=1S/C15H23N3/c16-15(12-4-2-1-3-5-12)6-7-18-10-13-8-17-9-14(13)11-18/h1-5,13-15,17H,6-11,16H2. The Kier molecular flexibility index (Phi) is 3.64. The average Bonchev–Trinajstić information content (AvgIpc) is 2.97. The summed E-state index contributed by atoms with van der Waals surface area (Å²) in [4.78, 5) is 2.60. The van der Waals surface area contributed by atoms with Gasteiger partial charge in [0.1, 0.15) is 0 Å². The Hall–Kier alpha value is -0.900. The Labute approximate surface area is 109 Å². The first kappa shape index (κ1) is 12.2. The summed E-state index contributed by atoms with van der Waals surface area (Å²) >= 11 is 0. The summed E-state index contributed by atoms with van der Waals surface area (Å²) in [7, 11) is 0. The summed E-state index contributed by atoms with van der Waals surface area (Å²) in [5, 5.41) is 3.48. The molecule has 3 rings (SSSR count). The van der Waals surface area contributed by atoms with Crippen LogP contribution in [0.3, 0.4) is 0 Å². The van der Waals surface area contributed by atoms with Gasteiger partial charge in [0.05, 0.1) is 0 Å². The van der Waals surface area contributed by atoms with Gasteiger partial charge in [-0.15, -0.1) is 0 Å². The number of hydrogen-bond acceptors (Lipinski definition) is 3. The lowest BCUT2D eigenvalue weighted by molar-refractivity contribution is 0.300. The highest BCUT2D eigenvalue weighted by Crippen LogP contribution is 2.27. The predicted octanol–water partition coefficient (Wildman–Crippen LogP) is 1.23. The van der Waals surface area contributed by atoms with Crippen molar-refractivity contribution in [1.29, 1.82) is 0 Å². The van der Waals surface area contributed by atoms with Gasteiger partial charge in [0, 0.05) is 19.1 Å². The van der Waals surface area contributed by atoms with Crippen LogP contribution in [0.5, 0.6) is 0 Å². The second-order valence-electron chi connectivity index (χ2n) is 5.74. The molecule has 2 aliphatic heterocycles. The molecule has 2 aliphatic rings. The van der Waals surface area contributed by atoms with E-state index in [0.29, 0.717) is 0 Å². The molecule has 0 aromatic heterocycles. The molecule has 3 atom stereocenters. The number of nitrogens with zero attached hydrogens (tertiary/aromatic N) is 1. The van der Waals surface area contributed by atoms with Crippen molar-refractivity contribution in [3.63, 3.8) is 0 Å². The normalized spacial score (nSPS) is 29.4. The van der Waals surface area contributed by atoms with E-state index in [9.17, 15) is 0 Å². The van der Waals surface area contributed by atoms with Crippen LogP contribution in [0.25, 0.3) is 0 Å². The molecule has 18 heavy (non-hydrogen) atoms. The Morgan fingerprint density at radius 2 is 1.83 bits per heavy atom. The Morgan fingerprint density at radius 3 is 2.50 bits per heavy atom. The monoisotopic (exact) mass is 245 g/mol. The molecule has 0 bridgehead atoms. The molecule has 3 nitrogen and oxygen atoms in total. The molecular formula is C15H23N3. The SMILES string of the molecule is NC(CCN1CC2CNCC2C1)c1ccccc1. The summed E-state index contributed by atoms with van der Waals surface area (Å²) in [6.45, 7) is 6.10. The van der Waals surface area contributed by atoms with Crippen molar-refractivity contribution < 1.29 is 0 Å². The van der Waals surface area contributed by atoms with Gasteiger partial charge in [-0.3, -0.25) is 0 Å². The van der Waals surface area contributed by atoms with E-state index in [4.69, 9.17) is 5.73 Å². The van der Waals surface area contributed by atoms with Crippen LogP contribution in [0.15, 0.2) is 30.3 Å². The maximum Gasteiger partial charge on any atom is 0.0307 e. The van der Waals surface area contributed by atoms with E-state index >= 15 is 0 Å². The van der Waals surface area contributed by atoms with Crippen LogP contribution in [0, 0.1) is 11.8 Å². The number of hydrogen-bond donors (Lipinski definition) is 2. The minimum atomic E-state index is 0.185. The lowest BCUT2D eigenvalue weighted by atomic mass is 10.0. The third kappa shape index (κ3) is 2.58. The van der Waals surface area contributed by atoms with E-state index in [2.05, 4.69) is 34.5 Å². The second kappa shape index (κ2) is 5.39. The van der Waals surface area contributed by atoms with Crippen LogP contribution < -0.4 is 11.1 Å². The molecule has 98 valence electrons. The Bertz CT molecular complexity index is 367. The fourth-order valence-electron chi connectivity index (χ4n) is 3.32. The van der Waals surface area contributed by atoms with E-state index in [1.54, 1.807) is 0 Å². The summed E-state index contributed by atoms with van der Waals surface area (Å²) in [5.41, 5.74) is 7.51. The third-order valence-electron chi connectivity index (χ3n) is 4.45. The van der Waals surface area contributed by atoms with E-state index in [1.807, 2.05) is 6.07 Å². The van der Waals surface area contributed by atoms with Crippen LogP contribution >= 0.6 is 0 Å². The van der Waals surface area contributed by atoms with Gasteiger partial charge in [0.2, 0.25) is 0 Å². The molecule has 2 saturated heterocycles. The largest absolute Gasteiger partial charge is 0.324 e. The van der Waals surface area contributed by atoms with Crippen molar-refractivity contribution in [3.05, 3.63) is 35.9 Å². The smallest absolute Gasteiger partial charge is 0.0307 e. The second-order valence-corrected chi connectivity index (χ2v) is 5.74. The molecule has 3 unspecified atom stereocenters. The number of likely N-dealkylation sites (tertiary alicyclic amines) is 1. The first-order valence-corrected chi connectivity index (χ1v) is 7.06. The van der Waals surface area contributed by atoms with E-state index in [-0.39, 0.29) is 6.04 Å². The zero-order valence-corrected chi connectivity index (χ0v) is 10.9. The minimum Gasteiger partial charge on any atom is -0.324 e. The van der Waals surface area contributed by atoms with Gasteiger partial charge in [-0.1, -0.05) is 30.3 Å². The molecule has 0 spiro atoms. The lowest BCUT2D eigenvalue weighted by Gasteiger charge is -2.19. The average molecular weight is 245 g/mol. The van der Waals surface area contributed by atoms with Gasteiger partial charge in [-0.2, -0.15) is 0 Å². The first-order valence-electron chi connectivity index (χ1n) is 7.06. The van der Waals surface area contributed by atoms with Gasteiger partial charge in [0.25, 0.3) is 0 Å². The molecule has 0 saturated carbocycles. The molecule has 3 N–H and O–H groups in total. The van der Waals surface area contributed by atoms with Gasteiger partial charge in [-0.25, -0.2) is 0 Å². The maximum atomic E-state index is 6.25. The number of rotatable bonds is 4. The topological polar surface area (TPSA) is 41.3 Å². The minimum absolute atomic E-state index is 0.185. The van der Waals surface area contributed by atoms with Crippen LogP contribution in [-0.2, 0) is 0 Å². The number of benzene rings is 1. The van der Waals surface area contributed by atoms with Crippen molar-refractivity contribution in [1.82, 2.24) is 10.2 Å². The number of nitrogens with two attached hydrogens (primary N) is 1. The first-order chi connectivity index (χ1) is 8.83. The van der Waals surface area contributed by atoms with Crippen molar-refractivity contribution in [2.24, 2.45) is 17.6 Å². The van der Waals surface area contributed by atoms with Gasteiger partial charge < -0.3 is 16.0 Å². The molecule has 0 radical (unpaired) electrons. The lowest BCUT2D eigenvalue weighted by Crippen LogP contribution is -2.28. The van der Waals surface area contributed by atoms with Crippen LogP contribution in [0.2, 0.25) is 0 Å². The van der Waals surface area contributed by atoms with E-state index < -0.39 is 0 Å². The van der Waals surface area contributed by atoms with E-state index in [1.165, 1.54) is 31.7 Å². The molecule has 3 heteroatoms. The van der Waals surface area contributed by atoms with Crippen molar-refractivity contribution >= 4 is 0 Å². The quantitative estimate of drug-likeness (QED) is 0.838. The van der Waals surface area contributed by atoms with Crippen molar-refractivity contribution in [2.45, 2.75) is 12.5 Å². The summed E-state index contributed by atoms with van der Waals surface area (Å²) in [6.07, 6.45) is 1.07. The van der Waals surface area contributed by atoms with Gasteiger partial charge in [0.15, 0.2) is 0 Å². The molecule has 2 fully saturated rings. The van der Waals surface area contributed by atoms with Crippen LogP contribution in [-0.4, -0.2) is 37.6 Å². The highest BCUT2D eigenvalue weighted by atomic mass is 15.2. The van der Waals surface area contributed by atoms with Crippen LogP contribution in [0.4, 0.5) is 0 Å². The van der Waals surface area contributed by atoms with Crippen LogP contribution in [0.1, 0.15) is 18.0 Å². The predicted molar refractivity (Wildman–Crippen MR) is 74.3 cm³/mol. The number of nitrogens with one attached hydrogen (secondary N) is 1. The van der Waals surface area contributed by atoms with Crippen molar-refractivity contribution in [2.75, 3.05) is 32.7 Å². The fraction of sp³-hybridized carbons (Fsp3) is 0.600. The van der Waals surface area contributed by atoms with Gasteiger partial charge >= 0.3 is 0 Å². The highest BCUT2D eigenvalue weighted by molar-refractivity contribution is 5.18. The summed E-state index contributed by atoms with van der Waals surface area (Å²) in [5.74, 6) is 1.77. The summed E-state index contributed by atoms with van der Waals surface area (Å²) < 4.78 is 0. The molecule has 0 aliphatic carbocycles. The molecule has 1 aromatic carbocycles. The highest BCUT2D eigenvalue weighted by Gasteiger charge is 2.35. The summed E-state index contributed by atoms with van der Waals surface area (Å²) in [6, 6.07) is 10.6. The fourth-order valence-corrected chi connectivity index (χ4v) is 3.32. The molecule has 0 amide bonds. The molecule has 2 heterocycles. The zero-order valence-electron chi connectivity index (χ0n) is 10.9. The van der Waals surface area contributed by atoms with E-state index in [0.717, 1.165) is 24.8 Å². The number of fused-ring (bicyclic) bond motifs is 1. The molecule has 1 aromatic rings.